The molecule has 0 aromatic carbocycles. The first-order valence-corrected chi connectivity index (χ1v) is 24.8. The minimum Gasteiger partial charge on any atom is -0.462 e. The minimum atomic E-state index is -0.552. The van der Waals surface area contributed by atoms with Gasteiger partial charge in [0.05, 0.1) is 6.61 Å². The number of esters is 2. The number of ether oxygens (including phenoxy) is 3. The van der Waals surface area contributed by atoms with Crippen molar-refractivity contribution < 1.29 is 23.8 Å². The minimum absolute atomic E-state index is 0.0705. The van der Waals surface area contributed by atoms with Crippen molar-refractivity contribution in [3.8, 4) is 0 Å². The molecule has 0 aliphatic carbocycles. The number of unbranched alkanes of at least 4 members (excludes halogenated alkanes) is 24. The molecule has 0 heterocycles. The molecule has 0 aliphatic rings. The number of hydrogen-bond donors (Lipinski definition) is 0. The summed E-state index contributed by atoms with van der Waals surface area (Å²) in [5.74, 6) is -0.426. The van der Waals surface area contributed by atoms with Crippen molar-refractivity contribution in [2.75, 3.05) is 19.8 Å². The second-order valence-electron chi connectivity index (χ2n) is 16.4. The van der Waals surface area contributed by atoms with E-state index in [2.05, 4.69) is 81.5 Å². The Morgan fingerprint density at radius 3 is 1.22 bits per heavy atom. The molecule has 0 rings (SSSR count). The van der Waals surface area contributed by atoms with Crippen molar-refractivity contribution in [3.63, 3.8) is 0 Å². The molecule has 0 radical (unpaired) electrons. The summed E-state index contributed by atoms with van der Waals surface area (Å²) in [6, 6.07) is 0. The Morgan fingerprint density at radius 2 is 0.759 bits per heavy atom. The number of carbonyl (C=O) groups is 2. The molecule has 5 heteroatoms. The highest BCUT2D eigenvalue weighted by molar-refractivity contribution is 5.70. The van der Waals surface area contributed by atoms with Gasteiger partial charge in [-0.3, -0.25) is 9.59 Å². The zero-order valence-electron chi connectivity index (χ0n) is 38.6. The lowest BCUT2D eigenvalue weighted by molar-refractivity contribution is -0.163. The largest absolute Gasteiger partial charge is 0.462 e. The first-order valence-electron chi connectivity index (χ1n) is 24.8. The molecule has 0 saturated heterocycles. The van der Waals surface area contributed by atoms with E-state index in [0.29, 0.717) is 19.4 Å². The van der Waals surface area contributed by atoms with Gasteiger partial charge < -0.3 is 14.2 Å². The zero-order chi connectivity index (χ0) is 42.1. The number of allylic oxidation sites excluding steroid dienone is 10. The first kappa shape index (κ1) is 55.6. The van der Waals surface area contributed by atoms with E-state index in [0.717, 1.165) is 77.0 Å². The molecule has 1 atom stereocenters. The maximum Gasteiger partial charge on any atom is 0.306 e. The maximum absolute atomic E-state index is 12.8. The average Bonchev–Trinajstić information content (AvgIpc) is 3.22. The maximum atomic E-state index is 12.8. The van der Waals surface area contributed by atoms with Gasteiger partial charge in [-0.1, -0.05) is 191 Å². The Labute approximate surface area is 360 Å². The number of hydrogen-bond acceptors (Lipinski definition) is 5. The summed E-state index contributed by atoms with van der Waals surface area (Å²) in [5.41, 5.74) is 0. The van der Waals surface area contributed by atoms with Crippen LogP contribution >= 0.6 is 0 Å². The van der Waals surface area contributed by atoms with E-state index in [9.17, 15) is 9.59 Å². The van der Waals surface area contributed by atoms with Gasteiger partial charge in [-0.25, -0.2) is 0 Å². The Hall–Kier alpha value is -2.40. The van der Waals surface area contributed by atoms with Crippen LogP contribution in [0, 0.1) is 0 Å². The standard InChI is InChI=1S/C53H94O5/c1-4-7-10-13-16-19-22-25-27-29-31-34-37-40-43-46-52(54)57-50-51(49-56-48-45-42-39-36-33-30-26-23-20-17-14-11-8-5-2)58-53(55)47-44-41-38-35-32-28-24-21-18-15-12-9-6-3/h11-12,14-15,20-21,23-25,27,51H,4-10,13,16-19,22,26,28-50H2,1-3H3/b14-11-,15-12-,23-20-,24-21-,27-25-. The van der Waals surface area contributed by atoms with Crippen LogP contribution in [0.5, 0.6) is 0 Å². The monoisotopic (exact) mass is 811 g/mol. The summed E-state index contributed by atoms with van der Waals surface area (Å²) in [6.45, 7) is 7.66. The summed E-state index contributed by atoms with van der Waals surface area (Å²) >= 11 is 0. The molecule has 0 aromatic rings. The van der Waals surface area contributed by atoms with E-state index in [1.54, 1.807) is 0 Å². The Morgan fingerprint density at radius 1 is 0.379 bits per heavy atom. The lowest BCUT2D eigenvalue weighted by Crippen LogP contribution is -2.30. The van der Waals surface area contributed by atoms with Crippen molar-refractivity contribution >= 4 is 11.9 Å². The second kappa shape index (κ2) is 49.0. The second-order valence-corrected chi connectivity index (χ2v) is 16.4. The third kappa shape index (κ3) is 46.3. The smallest absolute Gasteiger partial charge is 0.306 e. The summed E-state index contributed by atoms with van der Waals surface area (Å²) in [4.78, 5) is 25.3. The van der Waals surface area contributed by atoms with Crippen LogP contribution in [-0.2, 0) is 23.8 Å². The van der Waals surface area contributed by atoms with Crippen LogP contribution in [0.4, 0.5) is 0 Å². The Kier molecular flexibility index (Phi) is 46.9. The highest BCUT2D eigenvalue weighted by Gasteiger charge is 2.17. The quantitative estimate of drug-likeness (QED) is 0.0348. The van der Waals surface area contributed by atoms with E-state index < -0.39 is 6.10 Å². The van der Waals surface area contributed by atoms with Crippen LogP contribution in [0.3, 0.4) is 0 Å². The van der Waals surface area contributed by atoms with Gasteiger partial charge in [-0.2, -0.15) is 0 Å². The summed E-state index contributed by atoms with van der Waals surface area (Å²) in [6.07, 6.45) is 60.8. The third-order valence-electron chi connectivity index (χ3n) is 10.5. The van der Waals surface area contributed by atoms with Gasteiger partial charge in [0, 0.05) is 19.4 Å². The predicted octanol–water partition coefficient (Wildman–Crippen LogP) is 16.6. The highest BCUT2D eigenvalue weighted by Crippen LogP contribution is 2.13. The molecule has 0 spiro atoms. The molecule has 0 amide bonds. The van der Waals surface area contributed by atoms with Crippen molar-refractivity contribution in [1.82, 2.24) is 0 Å². The molecule has 0 N–H and O–H groups in total. The summed E-state index contributed by atoms with van der Waals surface area (Å²) in [7, 11) is 0. The Balaban J connectivity index is 4.30. The normalized spacial score (nSPS) is 12.7. The van der Waals surface area contributed by atoms with Gasteiger partial charge in [0.2, 0.25) is 0 Å². The number of carbonyl (C=O) groups excluding carboxylic acids is 2. The van der Waals surface area contributed by atoms with Crippen molar-refractivity contribution in [1.29, 1.82) is 0 Å². The summed E-state index contributed by atoms with van der Waals surface area (Å²) in [5, 5.41) is 0. The van der Waals surface area contributed by atoms with Gasteiger partial charge in [-0.15, -0.1) is 0 Å². The predicted molar refractivity (Wildman–Crippen MR) is 251 cm³/mol. The fourth-order valence-corrected chi connectivity index (χ4v) is 6.76. The van der Waals surface area contributed by atoms with E-state index in [4.69, 9.17) is 14.2 Å². The molecular formula is C53H94O5. The molecule has 58 heavy (non-hydrogen) atoms. The van der Waals surface area contributed by atoms with Gasteiger partial charge in [0.15, 0.2) is 6.10 Å². The van der Waals surface area contributed by atoms with Crippen molar-refractivity contribution in [2.45, 2.75) is 245 Å². The van der Waals surface area contributed by atoms with Gasteiger partial charge in [0.1, 0.15) is 6.61 Å². The van der Waals surface area contributed by atoms with Crippen LogP contribution in [0.1, 0.15) is 239 Å². The van der Waals surface area contributed by atoms with E-state index in [1.165, 1.54) is 128 Å². The molecule has 0 aliphatic heterocycles. The topological polar surface area (TPSA) is 61.8 Å². The van der Waals surface area contributed by atoms with E-state index >= 15 is 0 Å². The van der Waals surface area contributed by atoms with E-state index in [1.807, 2.05) is 0 Å². The lowest BCUT2D eigenvalue weighted by atomic mass is 10.1. The molecule has 336 valence electrons. The fraction of sp³-hybridized carbons (Fsp3) is 0.774. The van der Waals surface area contributed by atoms with Crippen LogP contribution in [0.2, 0.25) is 0 Å². The molecule has 0 bridgehead atoms. The fourth-order valence-electron chi connectivity index (χ4n) is 6.76. The van der Waals surface area contributed by atoms with Gasteiger partial charge in [0.25, 0.3) is 0 Å². The molecule has 0 fully saturated rings. The Bertz CT molecular complexity index is 1010. The lowest BCUT2D eigenvalue weighted by Gasteiger charge is -2.18. The van der Waals surface area contributed by atoms with Crippen LogP contribution < -0.4 is 0 Å². The summed E-state index contributed by atoms with van der Waals surface area (Å²) < 4.78 is 17.3. The SMILES string of the molecule is CCC/C=C\C/C=C\CCCCCCCCOCC(COC(=O)CCCCCCC/C=C\CCCCCCCC)OC(=O)CCCCCCC/C=C\C/C=C\CCC. The van der Waals surface area contributed by atoms with Crippen LogP contribution in [0.15, 0.2) is 60.8 Å². The first-order chi connectivity index (χ1) is 28.6. The highest BCUT2D eigenvalue weighted by atomic mass is 16.6. The molecule has 1 unspecified atom stereocenters. The third-order valence-corrected chi connectivity index (χ3v) is 10.5. The van der Waals surface area contributed by atoms with Gasteiger partial charge in [-0.05, 0) is 96.3 Å². The van der Waals surface area contributed by atoms with Crippen LogP contribution in [0.25, 0.3) is 0 Å². The zero-order valence-corrected chi connectivity index (χ0v) is 38.6. The van der Waals surface area contributed by atoms with Crippen molar-refractivity contribution in [2.24, 2.45) is 0 Å². The van der Waals surface area contributed by atoms with E-state index in [-0.39, 0.29) is 25.2 Å². The van der Waals surface area contributed by atoms with Gasteiger partial charge >= 0.3 is 11.9 Å². The average molecular weight is 811 g/mol. The number of rotatable bonds is 45. The molecule has 5 nitrogen and oxygen atoms in total. The molecular weight excluding hydrogens is 717 g/mol. The molecule has 0 saturated carbocycles. The molecule has 0 aromatic heterocycles. The van der Waals surface area contributed by atoms with Crippen molar-refractivity contribution in [3.05, 3.63) is 60.8 Å². The van der Waals surface area contributed by atoms with Crippen LogP contribution in [-0.4, -0.2) is 37.9 Å².